The van der Waals surface area contributed by atoms with Gasteiger partial charge in [0.25, 0.3) is 0 Å². The topological polar surface area (TPSA) is 77.7 Å². The Morgan fingerprint density at radius 3 is 2.92 bits per heavy atom. The van der Waals surface area contributed by atoms with E-state index in [1.54, 1.807) is 0 Å². The summed E-state index contributed by atoms with van der Waals surface area (Å²) < 4.78 is 15.7. The van der Waals surface area contributed by atoms with Gasteiger partial charge in [0, 0.05) is 19.0 Å². The molecule has 1 saturated heterocycles. The van der Waals surface area contributed by atoms with Crippen LogP contribution >= 0.6 is 0 Å². The molecule has 2 heterocycles. The van der Waals surface area contributed by atoms with Gasteiger partial charge in [-0.25, -0.2) is 4.63 Å². The van der Waals surface area contributed by atoms with Crippen LogP contribution in [0, 0.1) is 6.92 Å². The number of carbonyl (C=O) groups excluding carboxylic acids is 1. The number of nitrogens with zero attached hydrogens (tertiary/aromatic N) is 3. The molecule has 26 heavy (non-hydrogen) atoms. The van der Waals surface area contributed by atoms with E-state index in [-0.39, 0.29) is 18.6 Å². The highest BCUT2D eigenvalue weighted by atomic mass is 16.6. The van der Waals surface area contributed by atoms with E-state index in [1.165, 1.54) is 6.92 Å². The number of ether oxygens (including phenoxy) is 2. The summed E-state index contributed by atoms with van der Waals surface area (Å²) in [5, 5.41) is 8.00. The predicted octanol–water partition coefficient (Wildman–Crippen LogP) is 3.18. The van der Waals surface area contributed by atoms with Crippen LogP contribution in [0.5, 0.6) is 5.75 Å². The van der Waals surface area contributed by atoms with E-state index in [4.69, 9.17) is 14.1 Å². The lowest BCUT2D eigenvalue weighted by Crippen LogP contribution is -2.23. The SMILES string of the molecule is CCOc1ccc(CN2CCC[C@H]2c2nonc2C)cc1COC(C)=O. The summed E-state index contributed by atoms with van der Waals surface area (Å²) >= 11 is 0. The minimum Gasteiger partial charge on any atom is -0.493 e. The average molecular weight is 359 g/mol. The molecule has 1 aliphatic rings. The number of hydrogen-bond donors (Lipinski definition) is 0. The summed E-state index contributed by atoms with van der Waals surface area (Å²) in [5.41, 5.74) is 3.81. The fraction of sp³-hybridized carbons (Fsp3) is 0.526. The molecule has 0 aliphatic carbocycles. The molecule has 0 bridgehead atoms. The van der Waals surface area contributed by atoms with Crippen molar-refractivity contribution in [3.05, 3.63) is 40.7 Å². The van der Waals surface area contributed by atoms with Crippen molar-refractivity contribution in [3.63, 3.8) is 0 Å². The first kappa shape index (κ1) is 18.4. The highest BCUT2D eigenvalue weighted by Gasteiger charge is 2.30. The van der Waals surface area contributed by atoms with Crippen molar-refractivity contribution >= 4 is 5.97 Å². The van der Waals surface area contributed by atoms with Gasteiger partial charge in [-0.2, -0.15) is 0 Å². The zero-order valence-electron chi connectivity index (χ0n) is 15.5. The van der Waals surface area contributed by atoms with E-state index in [0.717, 1.165) is 54.2 Å². The minimum absolute atomic E-state index is 0.217. The smallest absolute Gasteiger partial charge is 0.302 e. The number of carbonyl (C=O) groups is 1. The van der Waals surface area contributed by atoms with Crippen LogP contribution in [-0.4, -0.2) is 34.3 Å². The first-order chi connectivity index (χ1) is 12.6. The lowest BCUT2D eigenvalue weighted by atomic mass is 10.1. The van der Waals surface area contributed by atoms with Crippen LogP contribution in [0.25, 0.3) is 0 Å². The molecule has 0 spiro atoms. The third kappa shape index (κ3) is 4.22. The molecule has 0 amide bonds. The molecule has 3 rings (SSSR count). The van der Waals surface area contributed by atoms with Crippen LogP contribution in [0.1, 0.15) is 55.2 Å². The van der Waals surface area contributed by atoms with Crippen molar-refractivity contribution in [2.75, 3.05) is 13.2 Å². The van der Waals surface area contributed by atoms with Gasteiger partial charge in [-0.05, 0) is 50.9 Å². The van der Waals surface area contributed by atoms with E-state index in [0.29, 0.717) is 6.61 Å². The Morgan fingerprint density at radius 2 is 2.23 bits per heavy atom. The summed E-state index contributed by atoms with van der Waals surface area (Å²) in [6, 6.07) is 6.29. The lowest BCUT2D eigenvalue weighted by Gasteiger charge is -2.23. The predicted molar refractivity (Wildman–Crippen MR) is 94.5 cm³/mol. The van der Waals surface area contributed by atoms with E-state index < -0.39 is 0 Å². The lowest BCUT2D eigenvalue weighted by molar-refractivity contribution is -0.142. The molecule has 0 N–H and O–H groups in total. The first-order valence-electron chi connectivity index (χ1n) is 8.99. The quantitative estimate of drug-likeness (QED) is 0.703. The van der Waals surface area contributed by atoms with E-state index in [2.05, 4.69) is 27.3 Å². The van der Waals surface area contributed by atoms with Gasteiger partial charge in [-0.3, -0.25) is 9.69 Å². The van der Waals surface area contributed by atoms with Gasteiger partial charge in [0.1, 0.15) is 23.7 Å². The van der Waals surface area contributed by atoms with Crippen LogP contribution < -0.4 is 4.74 Å². The molecule has 7 nitrogen and oxygen atoms in total. The number of esters is 1. The maximum absolute atomic E-state index is 11.2. The van der Waals surface area contributed by atoms with Gasteiger partial charge >= 0.3 is 5.97 Å². The van der Waals surface area contributed by atoms with Gasteiger partial charge in [0.15, 0.2) is 0 Å². The highest BCUT2D eigenvalue weighted by Crippen LogP contribution is 2.34. The largest absolute Gasteiger partial charge is 0.493 e. The Bertz CT molecular complexity index is 759. The van der Waals surface area contributed by atoms with Crippen molar-refractivity contribution in [1.82, 2.24) is 15.2 Å². The maximum atomic E-state index is 11.2. The molecule has 0 unspecified atom stereocenters. The van der Waals surface area contributed by atoms with E-state index >= 15 is 0 Å². The third-order valence-electron chi connectivity index (χ3n) is 4.61. The van der Waals surface area contributed by atoms with Crippen LogP contribution in [0.2, 0.25) is 0 Å². The van der Waals surface area contributed by atoms with Gasteiger partial charge in [-0.1, -0.05) is 16.4 Å². The monoisotopic (exact) mass is 359 g/mol. The summed E-state index contributed by atoms with van der Waals surface area (Å²) in [6.07, 6.45) is 2.17. The number of hydrogen-bond acceptors (Lipinski definition) is 7. The van der Waals surface area contributed by atoms with Crippen LogP contribution in [0.15, 0.2) is 22.8 Å². The molecule has 7 heteroatoms. The zero-order chi connectivity index (χ0) is 18.5. The molecule has 1 aliphatic heterocycles. The standard InChI is InChI=1S/C19H25N3O4/c1-4-24-18-8-7-15(10-16(18)12-25-14(3)23)11-22-9-5-6-17(22)19-13(2)20-26-21-19/h7-8,10,17H,4-6,9,11-12H2,1-3H3/t17-/m0/s1. The van der Waals surface area contributed by atoms with Crippen LogP contribution in [0.3, 0.4) is 0 Å². The Balaban J connectivity index is 1.77. The fourth-order valence-corrected chi connectivity index (χ4v) is 3.42. The maximum Gasteiger partial charge on any atom is 0.302 e. The molecule has 1 atom stereocenters. The van der Waals surface area contributed by atoms with Gasteiger partial charge in [0.2, 0.25) is 0 Å². The second-order valence-corrected chi connectivity index (χ2v) is 6.52. The zero-order valence-corrected chi connectivity index (χ0v) is 15.5. The highest BCUT2D eigenvalue weighted by molar-refractivity contribution is 5.66. The van der Waals surface area contributed by atoms with Gasteiger partial charge in [0.05, 0.1) is 12.6 Å². The molecule has 1 aromatic carbocycles. The number of benzene rings is 1. The van der Waals surface area contributed by atoms with E-state index in [9.17, 15) is 4.79 Å². The van der Waals surface area contributed by atoms with Gasteiger partial charge < -0.3 is 9.47 Å². The Labute approximate surface area is 153 Å². The molecular weight excluding hydrogens is 334 g/mol. The normalized spacial score (nSPS) is 17.4. The second kappa shape index (κ2) is 8.31. The number of rotatable bonds is 7. The Hall–Kier alpha value is -2.41. The number of likely N-dealkylation sites (tertiary alicyclic amines) is 1. The molecule has 0 saturated carbocycles. The number of aryl methyl sites for hydroxylation is 1. The molecule has 2 aromatic rings. The molecule has 140 valence electrons. The molecule has 1 aromatic heterocycles. The van der Waals surface area contributed by atoms with E-state index in [1.807, 2.05) is 19.9 Å². The summed E-state index contributed by atoms with van der Waals surface area (Å²) in [7, 11) is 0. The second-order valence-electron chi connectivity index (χ2n) is 6.52. The number of aromatic nitrogens is 2. The van der Waals surface area contributed by atoms with Crippen molar-refractivity contribution in [1.29, 1.82) is 0 Å². The summed E-state index contributed by atoms with van der Waals surface area (Å²) in [5.74, 6) is 0.457. The molecule has 1 fully saturated rings. The third-order valence-corrected chi connectivity index (χ3v) is 4.61. The van der Waals surface area contributed by atoms with Crippen LogP contribution in [0.4, 0.5) is 0 Å². The Morgan fingerprint density at radius 1 is 1.38 bits per heavy atom. The van der Waals surface area contributed by atoms with Crippen molar-refractivity contribution < 1.29 is 18.9 Å². The van der Waals surface area contributed by atoms with Crippen molar-refractivity contribution in [2.45, 2.75) is 52.8 Å². The summed E-state index contributed by atoms with van der Waals surface area (Å²) in [4.78, 5) is 13.5. The first-order valence-corrected chi connectivity index (χ1v) is 8.99. The molecule has 0 radical (unpaired) electrons. The van der Waals surface area contributed by atoms with Crippen molar-refractivity contribution in [2.24, 2.45) is 0 Å². The fourth-order valence-electron chi connectivity index (χ4n) is 3.42. The minimum atomic E-state index is -0.300. The van der Waals surface area contributed by atoms with Crippen molar-refractivity contribution in [3.8, 4) is 5.75 Å². The molecular formula is C19H25N3O4. The van der Waals surface area contributed by atoms with Gasteiger partial charge in [-0.15, -0.1) is 0 Å². The average Bonchev–Trinajstić information content (AvgIpc) is 3.23. The summed E-state index contributed by atoms with van der Waals surface area (Å²) in [6.45, 7) is 7.85. The Kier molecular flexibility index (Phi) is 5.88. The van der Waals surface area contributed by atoms with Crippen LogP contribution in [-0.2, 0) is 22.7 Å².